The van der Waals surface area contributed by atoms with Crippen LogP contribution in [0.4, 0.5) is 0 Å². The highest BCUT2D eigenvalue weighted by atomic mass is 35.5. The van der Waals surface area contributed by atoms with Crippen molar-refractivity contribution >= 4 is 24.3 Å². The van der Waals surface area contributed by atoms with Crippen molar-refractivity contribution in [3.8, 4) is 0 Å². The van der Waals surface area contributed by atoms with Crippen molar-refractivity contribution in [2.45, 2.75) is 18.4 Å². The van der Waals surface area contributed by atoms with Crippen LogP contribution >= 0.6 is 12.4 Å². The zero-order valence-corrected chi connectivity index (χ0v) is 7.71. The molecule has 0 amide bonds. The molecule has 4 N–H and O–H groups in total. The van der Waals surface area contributed by atoms with E-state index < -0.39 is 17.5 Å². The summed E-state index contributed by atoms with van der Waals surface area (Å²) in [5.74, 6) is -2.34. The van der Waals surface area contributed by atoms with E-state index in [0.717, 1.165) is 6.08 Å². The van der Waals surface area contributed by atoms with Crippen LogP contribution in [0.5, 0.6) is 0 Å². The first-order valence-corrected chi connectivity index (χ1v) is 3.30. The predicted octanol–water partition coefficient (Wildman–Crippen LogP) is 0.241. The fraction of sp³-hybridized carbons (Fsp3) is 0.429. The lowest BCUT2D eigenvalue weighted by Gasteiger charge is -2.18. The molecule has 0 saturated carbocycles. The molecule has 0 aliphatic rings. The van der Waals surface area contributed by atoms with Gasteiger partial charge in [-0.05, 0) is 6.42 Å². The summed E-state index contributed by atoms with van der Waals surface area (Å²) in [6, 6.07) is 0. The maximum Gasteiger partial charge on any atom is 0.327 e. The molecule has 0 bridgehead atoms. The minimum absolute atomic E-state index is 0. The second-order valence-electron chi connectivity index (χ2n) is 2.44. The van der Waals surface area contributed by atoms with Gasteiger partial charge in [-0.25, -0.2) is 4.79 Å². The smallest absolute Gasteiger partial charge is 0.327 e. The molecule has 6 heteroatoms. The van der Waals surface area contributed by atoms with E-state index in [9.17, 15) is 9.59 Å². The minimum atomic E-state index is -1.63. The number of carboxylic acid groups (broad SMARTS) is 2. The average molecular weight is 210 g/mol. The van der Waals surface area contributed by atoms with Crippen LogP contribution in [0, 0.1) is 0 Å². The zero-order valence-electron chi connectivity index (χ0n) is 6.90. The quantitative estimate of drug-likeness (QED) is 0.563. The van der Waals surface area contributed by atoms with Crippen LogP contribution in [0.25, 0.3) is 0 Å². The van der Waals surface area contributed by atoms with Crippen LogP contribution in [0.15, 0.2) is 12.7 Å². The first-order valence-electron chi connectivity index (χ1n) is 3.30. The van der Waals surface area contributed by atoms with Crippen molar-refractivity contribution in [1.82, 2.24) is 0 Å². The fourth-order valence-electron chi connectivity index (χ4n) is 0.610. The Bertz CT molecular complexity index is 219. The number of nitrogens with two attached hydrogens (primary N) is 1. The van der Waals surface area contributed by atoms with Crippen molar-refractivity contribution < 1.29 is 19.8 Å². The summed E-state index contributed by atoms with van der Waals surface area (Å²) in [7, 11) is 0. The van der Waals surface area contributed by atoms with E-state index in [4.69, 9.17) is 15.9 Å². The molecule has 0 spiro atoms. The molecule has 0 saturated heterocycles. The second-order valence-corrected chi connectivity index (χ2v) is 2.44. The highest BCUT2D eigenvalue weighted by Gasteiger charge is 2.30. The van der Waals surface area contributed by atoms with Crippen LogP contribution in [0.2, 0.25) is 0 Å². The summed E-state index contributed by atoms with van der Waals surface area (Å²) >= 11 is 0. The van der Waals surface area contributed by atoms with E-state index >= 15 is 0 Å². The van der Waals surface area contributed by atoms with Crippen molar-refractivity contribution in [3.63, 3.8) is 0 Å². The van der Waals surface area contributed by atoms with Gasteiger partial charge < -0.3 is 15.9 Å². The Morgan fingerprint density at radius 1 is 1.46 bits per heavy atom. The summed E-state index contributed by atoms with van der Waals surface area (Å²) in [4.78, 5) is 20.6. The average Bonchev–Trinajstić information content (AvgIpc) is 1.99. The Morgan fingerprint density at radius 2 is 1.92 bits per heavy atom. The molecule has 0 aliphatic heterocycles. The number of carbonyl (C=O) groups is 2. The van der Waals surface area contributed by atoms with Crippen LogP contribution in [-0.4, -0.2) is 27.7 Å². The van der Waals surface area contributed by atoms with Crippen molar-refractivity contribution in [2.75, 3.05) is 0 Å². The maximum atomic E-state index is 10.5. The first kappa shape index (κ1) is 14.5. The van der Waals surface area contributed by atoms with Crippen molar-refractivity contribution in [3.05, 3.63) is 12.7 Å². The van der Waals surface area contributed by atoms with E-state index in [1.807, 2.05) is 0 Å². The number of carboxylic acids is 2. The minimum Gasteiger partial charge on any atom is -0.481 e. The van der Waals surface area contributed by atoms with Gasteiger partial charge in [0.2, 0.25) is 0 Å². The Hall–Kier alpha value is -1.07. The number of hydrogen-bond donors (Lipinski definition) is 3. The first-order chi connectivity index (χ1) is 5.42. The standard InChI is InChI=1S/C7H11NO4.ClH/c1-2-7(8,6(11)12)4-3-5(9)10;/h2H,1,3-4,8H2,(H,9,10)(H,11,12);1H. The van der Waals surface area contributed by atoms with Crippen LogP contribution in [0.1, 0.15) is 12.8 Å². The highest BCUT2D eigenvalue weighted by Crippen LogP contribution is 2.10. The van der Waals surface area contributed by atoms with Crippen molar-refractivity contribution in [1.29, 1.82) is 0 Å². The van der Waals surface area contributed by atoms with Gasteiger partial charge in [0.05, 0.1) is 0 Å². The molecule has 0 aliphatic carbocycles. The van der Waals surface area contributed by atoms with E-state index in [1.165, 1.54) is 0 Å². The third-order valence-corrected chi connectivity index (χ3v) is 1.51. The number of rotatable bonds is 5. The van der Waals surface area contributed by atoms with Gasteiger partial charge in [0, 0.05) is 6.42 Å². The third-order valence-electron chi connectivity index (χ3n) is 1.51. The summed E-state index contributed by atoms with van der Waals surface area (Å²) in [5, 5.41) is 16.8. The third kappa shape index (κ3) is 4.49. The lowest BCUT2D eigenvalue weighted by Crippen LogP contribution is -2.46. The molecular formula is C7H12ClNO4. The predicted molar refractivity (Wildman–Crippen MR) is 48.9 cm³/mol. The number of hydrogen-bond acceptors (Lipinski definition) is 3. The van der Waals surface area contributed by atoms with Gasteiger partial charge in [0.15, 0.2) is 0 Å². The normalized spacial score (nSPS) is 13.6. The van der Waals surface area contributed by atoms with Crippen LogP contribution in [-0.2, 0) is 9.59 Å². The number of halogens is 1. The maximum absolute atomic E-state index is 10.5. The largest absolute Gasteiger partial charge is 0.481 e. The second kappa shape index (κ2) is 5.55. The van der Waals surface area contributed by atoms with Gasteiger partial charge >= 0.3 is 11.9 Å². The van der Waals surface area contributed by atoms with Crippen LogP contribution in [0.3, 0.4) is 0 Å². The molecule has 0 fully saturated rings. The van der Waals surface area contributed by atoms with Crippen molar-refractivity contribution in [2.24, 2.45) is 5.73 Å². The molecule has 0 heterocycles. The molecular weight excluding hydrogens is 198 g/mol. The van der Waals surface area contributed by atoms with E-state index in [0.29, 0.717) is 0 Å². The lowest BCUT2D eigenvalue weighted by molar-refractivity contribution is -0.142. The topological polar surface area (TPSA) is 101 Å². The molecule has 0 aromatic carbocycles. The highest BCUT2D eigenvalue weighted by molar-refractivity contribution is 5.85. The molecule has 0 radical (unpaired) electrons. The molecule has 1 unspecified atom stereocenters. The Morgan fingerprint density at radius 3 is 2.15 bits per heavy atom. The number of aliphatic carboxylic acids is 2. The fourth-order valence-corrected chi connectivity index (χ4v) is 0.610. The lowest BCUT2D eigenvalue weighted by atomic mass is 9.95. The van der Waals surface area contributed by atoms with Gasteiger partial charge in [0.25, 0.3) is 0 Å². The summed E-state index contributed by atoms with van der Waals surface area (Å²) in [5.41, 5.74) is 3.68. The van der Waals surface area contributed by atoms with Gasteiger partial charge in [-0.2, -0.15) is 0 Å². The molecule has 5 nitrogen and oxygen atoms in total. The Balaban J connectivity index is 0. The summed E-state index contributed by atoms with van der Waals surface area (Å²) < 4.78 is 0. The zero-order chi connectivity index (χ0) is 9.78. The monoisotopic (exact) mass is 209 g/mol. The Labute approximate surface area is 81.6 Å². The summed E-state index contributed by atoms with van der Waals surface area (Å²) in [6.07, 6.45) is 0.605. The van der Waals surface area contributed by atoms with Gasteiger partial charge in [0.1, 0.15) is 5.54 Å². The van der Waals surface area contributed by atoms with E-state index in [1.54, 1.807) is 0 Å². The van der Waals surface area contributed by atoms with Gasteiger partial charge in [-0.15, -0.1) is 19.0 Å². The van der Waals surface area contributed by atoms with E-state index in [2.05, 4.69) is 6.58 Å². The van der Waals surface area contributed by atoms with Gasteiger partial charge in [-0.3, -0.25) is 4.79 Å². The molecule has 76 valence electrons. The molecule has 1 atom stereocenters. The molecule has 0 aromatic rings. The summed E-state index contributed by atoms with van der Waals surface area (Å²) in [6.45, 7) is 3.23. The van der Waals surface area contributed by atoms with Gasteiger partial charge in [-0.1, -0.05) is 6.08 Å². The molecule has 0 rings (SSSR count). The molecule has 13 heavy (non-hydrogen) atoms. The molecule has 0 aromatic heterocycles. The van der Waals surface area contributed by atoms with E-state index in [-0.39, 0.29) is 25.2 Å². The van der Waals surface area contributed by atoms with Crippen LogP contribution < -0.4 is 5.73 Å². The SMILES string of the molecule is C=CC(N)(CCC(=O)O)C(=O)O.Cl. The Kier molecular flexibility index (Phi) is 6.18.